The normalized spacial score (nSPS) is 16.2. The average Bonchev–Trinajstić information content (AvgIpc) is 3.16. The molecule has 2 aliphatic rings. The van der Waals surface area contributed by atoms with Gasteiger partial charge in [0.2, 0.25) is 0 Å². The van der Waals surface area contributed by atoms with Gasteiger partial charge in [0, 0.05) is 11.6 Å². The van der Waals surface area contributed by atoms with E-state index in [0.29, 0.717) is 33.8 Å². The SMILES string of the molecule is COc1cccc(N2C(=O)NC(=O)C(=Cc3ccc(OC)c(CN4C(=O)c5ccccc5C4=O)c3)C2=O)c1. The number of carbonyl (C=O) groups is 5. The van der Waals surface area contributed by atoms with Crippen LogP contribution in [0, 0.1) is 0 Å². The van der Waals surface area contributed by atoms with Crippen LogP contribution in [0.4, 0.5) is 10.5 Å². The zero-order valence-electron chi connectivity index (χ0n) is 20.4. The summed E-state index contributed by atoms with van der Waals surface area (Å²) >= 11 is 0. The van der Waals surface area contributed by atoms with Gasteiger partial charge in [-0.3, -0.25) is 29.4 Å². The van der Waals surface area contributed by atoms with Crippen molar-refractivity contribution in [2.45, 2.75) is 6.54 Å². The second-order valence-corrected chi connectivity index (χ2v) is 8.47. The van der Waals surface area contributed by atoms with Crippen molar-refractivity contribution >= 4 is 41.4 Å². The van der Waals surface area contributed by atoms with Gasteiger partial charge in [-0.2, -0.15) is 0 Å². The minimum atomic E-state index is -0.883. The summed E-state index contributed by atoms with van der Waals surface area (Å²) in [6.45, 7) is -0.0822. The van der Waals surface area contributed by atoms with Gasteiger partial charge in [0.25, 0.3) is 23.6 Å². The van der Waals surface area contributed by atoms with E-state index in [-0.39, 0.29) is 17.8 Å². The summed E-state index contributed by atoms with van der Waals surface area (Å²) in [5.41, 5.74) is 1.51. The van der Waals surface area contributed by atoms with E-state index in [1.54, 1.807) is 60.7 Å². The number of carbonyl (C=O) groups excluding carboxylic acids is 5. The molecule has 0 bridgehead atoms. The number of imide groups is 3. The van der Waals surface area contributed by atoms with Gasteiger partial charge < -0.3 is 9.47 Å². The summed E-state index contributed by atoms with van der Waals surface area (Å²) in [4.78, 5) is 66.1. The summed E-state index contributed by atoms with van der Waals surface area (Å²) < 4.78 is 10.6. The number of amides is 6. The molecular weight excluding hydrogens is 490 g/mol. The lowest BCUT2D eigenvalue weighted by Crippen LogP contribution is -2.54. The van der Waals surface area contributed by atoms with E-state index in [0.717, 1.165) is 9.80 Å². The Morgan fingerprint density at radius 1 is 0.789 bits per heavy atom. The zero-order valence-corrected chi connectivity index (χ0v) is 20.4. The maximum atomic E-state index is 13.3. The number of nitrogens with one attached hydrogen (secondary N) is 1. The third kappa shape index (κ3) is 4.17. The molecule has 1 N–H and O–H groups in total. The molecule has 190 valence electrons. The summed E-state index contributed by atoms with van der Waals surface area (Å²) in [6, 6.07) is 16.8. The zero-order chi connectivity index (χ0) is 27.0. The predicted molar refractivity (Wildman–Crippen MR) is 136 cm³/mol. The van der Waals surface area contributed by atoms with Crippen LogP contribution in [0.15, 0.2) is 72.3 Å². The van der Waals surface area contributed by atoms with E-state index in [2.05, 4.69) is 5.32 Å². The maximum absolute atomic E-state index is 13.3. The quantitative estimate of drug-likeness (QED) is 0.306. The van der Waals surface area contributed by atoms with Gasteiger partial charge in [-0.05, 0) is 48.0 Å². The highest BCUT2D eigenvalue weighted by Gasteiger charge is 2.38. The highest BCUT2D eigenvalue weighted by molar-refractivity contribution is 6.39. The molecule has 0 unspecified atom stereocenters. The van der Waals surface area contributed by atoms with E-state index >= 15 is 0 Å². The van der Waals surface area contributed by atoms with Crippen LogP contribution in [0.2, 0.25) is 0 Å². The summed E-state index contributed by atoms with van der Waals surface area (Å²) in [5, 5.41) is 2.18. The van der Waals surface area contributed by atoms with Crippen LogP contribution < -0.4 is 19.7 Å². The number of barbiturate groups is 1. The number of ether oxygens (including phenoxy) is 2. The van der Waals surface area contributed by atoms with Crippen molar-refractivity contribution in [3.05, 3.63) is 94.6 Å². The average molecular weight is 511 g/mol. The number of benzene rings is 3. The molecule has 38 heavy (non-hydrogen) atoms. The van der Waals surface area contributed by atoms with Crippen molar-refractivity contribution in [1.29, 1.82) is 0 Å². The second kappa shape index (κ2) is 9.66. The van der Waals surface area contributed by atoms with Gasteiger partial charge in [0.1, 0.15) is 17.1 Å². The van der Waals surface area contributed by atoms with Crippen molar-refractivity contribution in [3.8, 4) is 11.5 Å². The molecule has 2 heterocycles. The molecule has 3 aromatic rings. The van der Waals surface area contributed by atoms with Crippen LogP contribution in [-0.2, 0) is 16.1 Å². The topological polar surface area (TPSA) is 122 Å². The van der Waals surface area contributed by atoms with Crippen molar-refractivity contribution in [2.75, 3.05) is 19.1 Å². The fourth-order valence-electron chi connectivity index (χ4n) is 4.37. The molecule has 10 heteroatoms. The number of methoxy groups -OCH3 is 2. The maximum Gasteiger partial charge on any atom is 0.335 e. The van der Waals surface area contributed by atoms with E-state index in [1.807, 2.05) is 0 Å². The summed E-state index contributed by atoms with van der Waals surface area (Å²) in [6.07, 6.45) is 1.34. The molecule has 2 aliphatic heterocycles. The van der Waals surface area contributed by atoms with Crippen LogP contribution >= 0.6 is 0 Å². The first kappa shape index (κ1) is 24.4. The molecule has 0 saturated carbocycles. The van der Waals surface area contributed by atoms with Crippen LogP contribution in [0.1, 0.15) is 31.8 Å². The van der Waals surface area contributed by atoms with Crippen LogP contribution in [-0.4, -0.2) is 48.8 Å². The number of urea groups is 1. The van der Waals surface area contributed by atoms with Crippen molar-refractivity contribution in [2.24, 2.45) is 0 Å². The molecule has 0 aliphatic carbocycles. The summed E-state index contributed by atoms with van der Waals surface area (Å²) in [7, 11) is 2.91. The van der Waals surface area contributed by atoms with Gasteiger partial charge >= 0.3 is 6.03 Å². The number of hydrogen-bond donors (Lipinski definition) is 1. The lowest BCUT2D eigenvalue weighted by Gasteiger charge is -2.26. The van der Waals surface area contributed by atoms with Gasteiger partial charge in [0.15, 0.2) is 0 Å². The van der Waals surface area contributed by atoms with Gasteiger partial charge in [-0.1, -0.05) is 24.3 Å². The van der Waals surface area contributed by atoms with E-state index < -0.39 is 29.7 Å². The molecule has 0 atom stereocenters. The van der Waals surface area contributed by atoms with E-state index in [9.17, 15) is 24.0 Å². The Kier molecular flexibility index (Phi) is 6.21. The fraction of sp³-hybridized carbons (Fsp3) is 0.107. The third-order valence-corrected chi connectivity index (χ3v) is 6.24. The Morgan fingerprint density at radius 3 is 2.16 bits per heavy atom. The lowest BCUT2D eigenvalue weighted by molar-refractivity contribution is -0.122. The minimum absolute atomic E-state index is 0.0822. The first-order valence-electron chi connectivity index (χ1n) is 11.5. The van der Waals surface area contributed by atoms with Crippen LogP contribution in [0.3, 0.4) is 0 Å². The van der Waals surface area contributed by atoms with Gasteiger partial charge in [-0.25, -0.2) is 9.69 Å². The predicted octanol–water partition coefficient (Wildman–Crippen LogP) is 3.17. The summed E-state index contributed by atoms with van der Waals surface area (Å²) in [5.74, 6) is -1.67. The highest BCUT2D eigenvalue weighted by Crippen LogP contribution is 2.30. The standard InChI is InChI=1S/C28H21N3O7/c1-37-19-7-5-6-18(14-19)31-27(35)22(24(32)29-28(31)36)13-16-10-11-23(38-2)17(12-16)15-30-25(33)20-8-3-4-9-21(20)26(30)34/h3-14H,15H2,1-2H3,(H,29,32,36). The Hall–Kier alpha value is -5.25. The number of anilines is 1. The molecule has 0 spiro atoms. The first-order valence-corrected chi connectivity index (χ1v) is 11.5. The van der Waals surface area contributed by atoms with E-state index in [4.69, 9.17) is 9.47 Å². The van der Waals surface area contributed by atoms with Gasteiger partial charge in [0.05, 0.1) is 37.6 Å². The van der Waals surface area contributed by atoms with Crippen LogP contribution in [0.5, 0.6) is 11.5 Å². The third-order valence-electron chi connectivity index (χ3n) is 6.24. The molecule has 1 saturated heterocycles. The minimum Gasteiger partial charge on any atom is -0.497 e. The largest absolute Gasteiger partial charge is 0.497 e. The molecule has 5 rings (SSSR count). The number of rotatable bonds is 6. The molecule has 1 fully saturated rings. The van der Waals surface area contributed by atoms with Crippen molar-refractivity contribution in [1.82, 2.24) is 10.2 Å². The van der Waals surface area contributed by atoms with Crippen LogP contribution in [0.25, 0.3) is 6.08 Å². The molecule has 0 radical (unpaired) electrons. The van der Waals surface area contributed by atoms with Gasteiger partial charge in [-0.15, -0.1) is 0 Å². The van der Waals surface area contributed by atoms with E-state index in [1.165, 1.54) is 26.4 Å². The second-order valence-electron chi connectivity index (χ2n) is 8.47. The van der Waals surface area contributed by atoms with Crippen molar-refractivity contribution < 1.29 is 33.4 Å². The first-order chi connectivity index (χ1) is 18.3. The number of fused-ring (bicyclic) bond motifs is 1. The Morgan fingerprint density at radius 2 is 1.50 bits per heavy atom. The molecule has 3 aromatic carbocycles. The monoisotopic (exact) mass is 511 g/mol. The molecule has 10 nitrogen and oxygen atoms in total. The highest BCUT2D eigenvalue weighted by atomic mass is 16.5. The number of nitrogens with zero attached hydrogens (tertiary/aromatic N) is 2. The number of hydrogen-bond acceptors (Lipinski definition) is 7. The smallest absolute Gasteiger partial charge is 0.335 e. The fourth-order valence-corrected chi connectivity index (χ4v) is 4.37. The Bertz CT molecular complexity index is 1520. The molecule has 6 amide bonds. The van der Waals surface area contributed by atoms with Crippen molar-refractivity contribution in [3.63, 3.8) is 0 Å². The molecule has 0 aromatic heterocycles. The molecular formula is C28H21N3O7. The Balaban J connectivity index is 1.48. The lowest BCUT2D eigenvalue weighted by atomic mass is 10.0. The Labute approximate surface area is 217 Å².